The van der Waals surface area contributed by atoms with Crippen molar-refractivity contribution in [2.45, 2.75) is 40.0 Å². The summed E-state index contributed by atoms with van der Waals surface area (Å²) in [4.78, 5) is 23.8. The van der Waals surface area contributed by atoms with Crippen molar-refractivity contribution in [3.63, 3.8) is 0 Å². The van der Waals surface area contributed by atoms with Gasteiger partial charge in [0, 0.05) is 0 Å². The Morgan fingerprint density at radius 1 is 1.06 bits per heavy atom. The molecule has 1 aliphatic rings. The molecule has 0 bridgehead atoms. The van der Waals surface area contributed by atoms with E-state index in [0.29, 0.717) is 19.3 Å². The predicted octanol–water partition coefficient (Wildman–Crippen LogP) is 2.17. The Kier molecular flexibility index (Phi) is 3.84. The van der Waals surface area contributed by atoms with Crippen LogP contribution >= 0.6 is 0 Å². The molecule has 0 heterocycles. The third kappa shape index (κ3) is 2.17. The first kappa shape index (κ1) is 14.0. The van der Waals surface area contributed by atoms with Gasteiger partial charge in [-0.3, -0.25) is 9.59 Å². The molecule has 0 aromatic rings. The van der Waals surface area contributed by atoms with E-state index in [1.807, 2.05) is 20.8 Å². The Morgan fingerprint density at radius 2 is 1.59 bits per heavy atom. The van der Waals surface area contributed by atoms with Crippen LogP contribution in [0.1, 0.15) is 40.0 Å². The minimum absolute atomic E-state index is 0.154. The predicted molar refractivity (Wildman–Crippen MR) is 63.3 cm³/mol. The van der Waals surface area contributed by atoms with Gasteiger partial charge in [0.1, 0.15) is 0 Å². The van der Waals surface area contributed by atoms with Crippen molar-refractivity contribution in [3.05, 3.63) is 0 Å². The molecular formula is C13H22O4. The van der Waals surface area contributed by atoms with Gasteiger partial charge in [-0.05, 0) is 32.1 Å². The van der Waals surface area contributed by atoms with Gasteiger partial charge in [-0.25, -0.2) is 0 Å². The van der Waals surface area contributed by atoms with Gasteiger partial charge in [-0.2, -0.15) is 0 Å². The lowest BCUT2D eigenvalue weighted by atomic mass is 9.73. The maximum absolute atomic E-state index is 12.0. The molecule has 0 saturated heterocycles. The maximum Gasteiger partial charge on any atom is 0.312 e. The van der Waals surface area contributed by atoms with Gasteiger partial charge < -0.3 is 9.47 Å². The molecule has 1 fully saturated rings. The number of ether oxygens (including phenoxy) is 2. The summed E-state index contributed by atoms with van der Waals surface area (Å²) in [5, 5.41) is 0. The van der Waals surface area contributed by atoms with Crippen LogP contribution < -0.4 is 0 Å². The van der Waals surface area contributed by atoms with Gasteiger partial charge in [0.2, 0.25) is 0 Å². The number of rotatable bonds is 3. The molecule has 4 nitrogen and oxygen atoms in total. The zero-order valence-electron chi connectivity index (χ0n) is 11.3. The van der Waals surface area contributed by atoms with Gasteiger partial charge in [0.05, 0.1) is 25.0 Å². The number of hydrogen-bond acceptors (Lipinski definition) is 4. The third-order valence-electron chi connectivity index (χ3n) is 4.20. The van der Waals surface area contributed by atoms with Crippen LogP contribution in [0.15, 0.2) is 0 Å². The van der Waals surface area contributed by atoms with Crippen molar-refractivity contribution in [2.24, 2.45) is 16.7 Å². The molecule has 0 N–H and O–H groups in total. The van der Waals surface area contributed by atoms with Crippen molar-refractivity contribution in [3.8, 4) is 0 Å². The van der Waals surface area contributed by atoms with E-state index in [9.17, 15) is 9.59 Å². The lowest BCUT2D eigenvalue weighted by Gasteiger charge is -2.32. The van der Waals surface area contributed by atoms with E-state index in [2.05, 4.69) is 0 Å². The molecule has 1 rings (SSSR count). The number of esters is 2. The van der Waals surface area contributed by atoms with E-state index in [-0.39, 0.29) is 17.9 Å². The molecule has 2 atom stereocenters. The molecule has 98 valence electrons. The SMILES string of the molecule is COC(=O)[C@]1(C)CC[C@@](C(=O)OC)(C(C)C)C1. The summed E-state index contributed by atoms with van der Waals surface area (Å²) in [6, 6.07) is 0. The number of carbonyl (C=O) groups is 2. The molecule has 17 heavy (non-hydrogen) atoms. The minimum atomic E-state index is -0.562. The molecule has 1 saturated carbocycles. The average Bonchev–Trinajstić information content (AvgIpc) is 2.68. The molecule has 0 radical (unpaired) electrons. The quantitative estimate of drug-likeness (QED) is 0.712. The highest BCUT2D eigenvalue weighted by atomic mass is 16.5. The van der Waals surface area contributed by atoms with Gasteiger partial charge >= 0.3 is 11.9 Å². The maximum atomic E-state index is 12.0. The highest BCUT2D eigenvalue weighted by molar-refractivity contribution is 5.82. The van der Waals surface area contributed by atoms with Crippen LogP contribution in [-0.4, -0.2) is 26.2 Å². The molecule has 0 aromatic heterocycles. The van der Waals surface area contributed by atoms with Gasteiger partial charge in [0.15, 0.2) is 0 Å². The van der Waals surface area contributed by atoms with E-state index < -0.39 is 10.8 Å². The Morgan fingerprint density at radius 3 is 2.00 bits per heavy atom. The van der Waals surface area contributed by atoms with E-state index in [0.717, 1.165) is 0 Å². The minimum Gasteiger partial charge on any atom is -0.469 e. The topological polar surface area (TPSA) is 52.6 Å². The first-order chi connectivity index (χ1) is 7.82. The monoisotopic (exact) mass is 242 g/mol. The zero-order chi connectivity index (χ0) is 13.3. The smallest absolute Gasteiger partial charge is 0.312 e. The lowest BCUT2D eigenvalue weighted by Crippen LogP contribution is -2.37. The number of methoxy groups -OCH3 is 2. The van der Waals surface area contributed by atoms with Crippen molar-refractivity contribution in [2.75, 3.05) is 14.2 Å². The molecule has 0 aliphatic heterocycles. The second-order valence-corrected chi connectivity index (χ2v) is 5.53. The first-order valence-corrected chi connectivity index (χ1v) is 5.99. The normalized spacial score (nSPS) is 32.6. The Bertz CT molecular complexity index is 323. The summed E-state index contributed by atoms with van der Waals surface area (Å²) in [6.45, 7) is 5.87. The van der Waals surface area contributed by atoms with Crippen LogP contribution in [0.2, 0.25) is 0 Å². The summed E-state index contributed by atoms with van der Waals surface area (Å²) in [5.74, 6) is -0.287. The molecule has 0 aromatic carbocycles. The van der Waals surface area contributed by atoms with Crippen molar-refractivity contribution >= 4 is 11.9 Å². The van der Waals surface area contributed by atoms with Crippen LogP contribution in [-0.2, 0) is 19.1 Å². The Labute approximate surface area is 103 Å². The van der Waals surface area contributed by atoms with Gasteiger partial charge in [-0.1, -0.05) is 13.8 Å². The largest absolute Gasteiger partial charge is 0.469 e. The number of carbonyl (C=O) groups excluding carboxylic acids is 2. The average molecular weight is 242 g/mol. The standard InChI is InChI=1S/C13H22O4/c1-9(2)13(11(15)17-5)7-6-12(3,8-13)10(14)16-4/h9H,6-8H2,1-5H3/t12-,13+/m1/s1. The molecule has 0 unspecified atom stereocenters. The van der Waals surface area contributed by atoms with Crippen LogP contribution in [0.3, 0.4) is 0 Å². The summed E-state index contributed by atoms with van der Waals surface area (Å²) in [7, 11) is 2.79. The van der Waals surface area contributed by atoms with Crippen LogP contribution in [0.5, 0.6) is 0 Å². The van der Waals surface area contributed by atoms with Crippen molar-refractivity contribution in [1.29, 1.82) is 0 Å². The number of hydrogen-bond donors (Lipinski definition) is 0. The highest BCUT2D eigenvalue weighted by Crippen LogP contribution is 2.54. The summed E-state index contributed by atoms with van der Waals surface area (Å²) in [5.41, 5.74) is -1.11. The summed E-state index contributed by atoms with van der Waals surface area (Å²) in [6.07, 6.45) is 1.87. The molecule has 1 aliphatic carbocycles. The molecule has 0 spiro atoms. The second-order valence-electron chi connectivity index (χ2n) is 5.53. The molecule has 4 heteroatoms. The zero-order valence-corrected chi connectivity index (χ0v) is 11.3. The van der Waals surface area contributed by atoms with E-state index in [1.165, 1.54) is 14.2 Å². The van der Waals surface area contributed by atoms with Gasteiger partial charge in [0.25, 0.3) is 0 Å². The van der Waals surface area contributed by atoms with E-state index >= 15 is 0 Å². The Hall–Kier alpha value is -1.06. The van der Waals surface area contributed by atoms with Crippen molar-refractivity contribution in [1.82, 2.24) is 0 Å². The second kappa shape index (κ2) is 4.67. The fraction of sp³-hybridized carbons (Fsp3) is 0.846. The van der Waals surface area contributed by atoms with Crippen LogP contribution in [0.4, 0.5) is 0 Å². The fourth-order valence-corrected chi connectivity index (χ4v) is 2.90. The van der Waals surface area contributed by atoms with E-state index in [1.54, 1.807) is 0 Å². The van der Waals surface area contributed by atoms with Crippen LogP contribution in [0.25, 0.3) is 0 Å². The fourth-order valence-electron chi connectivity index (χ4n) is 2.90. The summed E-state index contributed by atoms with van der Waals surface area (Å²) >= 11 is 0. The Balaban J connectivity index is 3.01. The summed E-state index contributed by atoms with van der Waals surface area (Å²) < 4.78 is 9.75. The van der Waals surface area contributed by atoms with Crippen molar-refractivity contribution < 1.29 is 19.1 Å². The van der Waals surface area contributed by atoms with Crippen LogP contribution in [0, 0.1) is 16.7 Å². The van der Waals surface area contributed by atoms with Gasteiger partial charge in [-0.15, -0.1) is 0 Å². The molecule has 0 amide bonds. The first-order valence-electron chi connectivity index (χ1n) is 5.99. The highest BCUT2D eigenvalue weighted by Gasteiger charge is 2.56. The molecular weight excluding hydrogens is 220 g/mol. The third-order valence-corrected chi connectivity index (χ3v) is 4.20. The van der Waals surface area contributed by atoms with E-state index in [4.69, 9.17) is 9.47 Å². The lowest BCUT2D eigenvalue weighted by molar-refractivity contribution is -0.158.